The Morgan fingerprint density at radius 2 is 1.74 bits per heavy atom. The maximum atomic E-state index is 13.9. The molecule has 0 unspecified atom stereocenters. The van der Waals surface area contributed by atoms with Crippen molar-refractivity contribution in [1.82, 2.24) is 14.7 Å². The summed E-state index contributed by atoms with van der Waals surface area (Å²) in [5, 5.41) is 2.91. The Morgan fingerprint density at radius 1 is 1.03 bits per heavy atom. The Kier molecular flexibility index (Phi) is 8.95. The summed E-state index contributed by atoms with van der Waals surface area (Å²) in [5.74, 6) is -1.50. The van der Waals surface area contributed by atoms with Crippen LogP contribution in [0, 0.1) is 18.6 Å². The molecule has 34 heavy (non-hydrogen) atoms. The number of ether oxygens (including phenoxy) is 2. The topological polar surface area (TPSA) is 81.9 Å². The van der Waals surface area contributed by atoms with Crippen LogP contribution in [-0.2, 0) is 16.1 Å². The summed E-state index contributed by atoms with van der Waals surface area (Å²) in [5.41, 5.74) is 1.13. The van der Waals surface area contributed by atoms with Crippen LogP contribution in [-0.4, -0.2) is 34.9 Å². The zero-order valence-electron chi connectivity index (χ0n) is 19.4. The number of unbranched alkanes of at least 4 members (excludes halogenated alkanes) is 4. The molecule has 0 saturated carbocycles. The summed E-state index contributed by atoms with van der Waals surface area (Å²) in [6.07, 6.45) is 6.61. The van der Waals surface area contributed by atoms with Crippen molar-refractivity contribution < 1.29 is 27.8 Å². The van der Waals surface area contributed by atoms with Gasteiger partial charge in [0.15, 0.2) is 11.4 Å². The number of nitrogens with zero attached hydrogens (tertiary/aromatic N) is 2. The number of carbonyl (C=O) groups excluding carboxylic acids is 2. The molecule has 3 aromatic rings. The van der Waals surface area contributed by atoms with E-state index in [-0.39, 0.29) is 24.0 Å². The molecule has 0 atom stereocenters. The molecule has 0 fully saturated rings. The number of carbonyl (C=O) groups is 2. The zero-order valence-corrected chi connectivity index (χ0v) is 19.4. The van der Waals surface area contributed by atoms with Gasteiger partial charge >= 0.3 is 5.97 Å². The smallest absolute Gasteiger partial charge is 0.305 e. The molecule has 2 heterocycles. The first-order chi connectivity index (χ1) is 16.4. The van der Waals surface area contributed by atoms with Gasteiger partial charge in [0.25, 0.3) is 5.91 Å². The van der Waals surface area contributed by atoms with Gasteiger partial charge in [-0.15, -0.1) is 0 Å². The van der Waals surface area contributed by atoms with Crippen LogP contribution < -0.4 is 10.1 Å². The predicted molar refractivity (Wildman–Crippen MR) is 123 cm³/mol. The van der Waals surface area contributed by atoms with Crippen molar-refractivity contribution in [2.75, 3.05) is 13.7 Å². The molecule has 9 heteroatoms. The largest absolute Gasteiger partial charge is 0.485 e. The zero-order chi connectivity index (χ0) is 24.5. The van der Waals surface area contributed by atoms with Crippen molar-refractivity contribution in [3.8, 4) is 5.75 Å². The van der Waals surface area contributed by atoms with Gasteiger partial charge in [-0.25, -0.2) is 13.8 Å². The van der Waals surface area contributed by atoms with E-state index < -0.39 is 11.6 Å². The molecule has 1 aromatic carbocycles. The van der Waals surface area contributed by atoms with Crippen molar-refractivity contribution in [1.29, 1.82) is 0 Å². The number of hydrogen-bond acceptors (Lipinski definition) is 5. The van der Waals surface area contributed by atoms with Crippen molar-refractivity contribution >= 4 is 17.5 Å². The van der Waals surface area contributed by atoms with Gasteiger partial charge in [-0.1, -0.05) is 25.3 Å². The van der Waals surface area contributed by atoms with Crippen molar-refractivity contribution in [2.45, 2.75) is 52.1 Å². The van der Waals surface area contributed by atoms with Gasteiger partial charge in [-0.05, 0) is 44.0 Å². The highest BCUT2D eigenvalue weighted by Crippen LogP contribution is 2.24. The fraction of sp³-hybridized carbons (Fsp3) is 0.400. The molecule has 0 aliphatic heterocycles. The van der Waals surface area contributed by atoms with Crippen LogP contribution in [0.2, 0.25) is 0 Å². The first-order valence-electron chi connectivity index (χ1n) is 11.3. The van der Waals surface area contributed by atoms with E-state index >= 15 is 0 Å². The number of esters is 1. The Hall–Kier alpha value is -3.49. The van der Waals surface area contributed by atoms with Gasteiger partial charge < -0.3 is 14.8 Å². The van der Waals surface area contributed by atoms with Crippen molar-refractivity contribution in [2.24, 2.45) is 0 Å². The van der Waals surface area contributed by atoms with Gasteiger partial charge in [0.2, 0.25) is 0 Å². The fourth-order valence-electron chi connectivity index (χ4n) is 3.67. The van der Waals surface area contributed by atoms with Crippen LogP contribution in [0.1, 0.15) is 60.3 Å². The summed E-state index contributed by atoms with van der Waals surface area (Å²) >= 11 is 0. The minimum Gasteiger partial charge on any atom is -0.485 e. The number of aryl methyl sites for hydroxylation is 1. The van der Waals surface area contributed by atoms with Crippen LogP contribution in [0.4, 0.5) is 8.78 Å². The summed E-state index contributed by atoms with van der Waals surface area (Å²) in [6, 6.07) is 6.97. The van der Waals surface area contributed by atoms with E-state index in [2.05, 4.69) is 15.0 Å². The maximum absolute atomic E-state index is 13.9. The average Bonchev–Trinajstić information content (AvgIpc) is 3.16. The molecule has 182 valence electrons. The van der Waals surface area contributed by atoms with E-state index in [0.29, 0.717) is 35.8 Å². The van der Waals surface area contributed by atoms with Gasteiger partial charge in [-0.3, -0.25) is 14.0 Å². The molecule has 0 saturated heterocycles. The number of imidazole rings is 1. The van der Waals surface area contributed by atoms with E-state index in [1.165, 1.54) is 25.3 Å². The molecule has 0 spiro atoms. The number of hydrogen-bond donors (Lipinski definition) is 1. The van der Waals surface area contributed by atoms with Crippen LogP contribution in [0.3, 0.4) is 0 Å². The molecule has 0 aliphatic carbocycles. The second-order valence-electron chi connectivity index (χ2n) is 7.95. The third-order valence-corrected chi connectivity index (χ3v) is 5.51. The summed E-state index contributed by atoms with van der Waals surface area (Å²) in [4.78, 5) is 28.3. The summed E-state index contributed by atoms with van der Waals surface area (Å²) in [7, 11) is 1.39. The Balaban J connectivity index is 1.56. The summed E-state index contributed by atoms with van der Waals surface area (Å²) < 4.78 is 39.7. The van der Waals surface area contributed by atoms with Crippen LogP contribution >= 0.6 is 0 Å². The molecule has 2 aromatic heterocycles. The van der Waals surface area contributed by atoms with Gasteiger partial charge in [0.05, 0.1) is 18.4 Å². The standard InChI is InChI=1S/C25H29F2N3O4/c1-17-23(25(32)28-14-7-5-3-4-6-13-22(31)33-2)30-15-9-12-21(24(30)29-17)34-16-18-19(26)10-8-11-20(18)27/h8-12,15H,3-7,13-14,16H2,1-2H3,(H,28,32). The van der Waals surface area contributed by atoms with E-state index in [1.54, 1.807) is 29.7 Å². The molecule has 0 radical (unpaired) electrons. The van der Waals surface area contributed by atoms with E-state index in [4.69, 9.17) is 4.74 Å². The molecule has 1 amide bonds. The number of benzene rings is 1. The highest BCUT2D eigenvalue weighted by Gasteiger charge is 2.19. The van der Waals surface area contributed by atoms with Crippen LogP contribution in [0.15, 0.2) is 36.5 Å². The van der Waals surface area contributed by atoms with E-state index in [9.17, 15) is 18.4 Å². The number of halogens is 2. The number of methoxy groups -OCH3 is 1. The lowest BCUT2D eigenvalue weighted by Gasteiger charge is -2.10. The van der Waals surface area contributed by atoms with Gasteiger partial charge in [0.1, 0.15) is 23.9 Å². The first kappa shape index (κ1) is 25.1. The second-order valence-corrected chi connectivity index (χ2v) is 7.95. The van der Waals surface area contributed by atoms with Crippen LogP contribution in [0.5, 0.6) is 5.75 Å². The van der Waals surface area contributed by atoms with Crippen molar-refractivity contribution in [3.63, 3.8) is 0 Å². The average molecular weight is 474 g/mol. The maximum Gasteiger partial charge on any atom is 0.305 e. The number of fused-ring (bicyclic) bond motifs is 1. The number of rotatable bonds is 12. The monoisotopic (exact) mass is 473 g/mol. The molecule has 3 rings (SSSR count). The Labute approximate surface area is 197 Å². The SMILES string of the molecule is COC(=O)CCCCCCCNC(=O)c1c(C)nc2c(OCc3c(F)cccc3F)cccn12. The van der Waals surface area contributed by atoms with E-state index in [1.807, 2.05) is 0 Å². The minimum absolute atomic E-state index is 0.170. The number of pyridine rings is 1. The first-order valence-corrected chi connectivity index (χ1v) is 11.3. The normalized spacial score (nSPS) is 10.9. The van der Waals surface area contributed by atoms with E-state index in [0.717, 1.165) is 32.1 Å². The highest BCUT2D eigenvalue weighted by molar-refractivity contribution is 5.94. The predicted octanol–water partition coefficient (Wildman–Crippen LogP) is 4.74. The van der Waals surface area contributed by atoms with Crippen molar-refractivity contribution in [3.05, 3.63) is 65.1 Å². The second kappa shape index (κ2) is 12.1. The highest BCUT2D eigenvalue weighted by atomic mass is 19.1. The third-order valence-electron chi connectivity index (χ3n) is 5.51. The molecular weight excluding hydrogens is 444 g/mol. The molecule has 0 aliphatic rings. The number of nitrogens with one attached hydrogen (secondary N) is 1. The Bertz CT molecular complexity index is 1130. The number of aromatic nitrogens is 2. The van der Waals surface area contributed by atoms with Gasteiger partial charge in [-0.2, -0.15) is 0 Å². The molecule has 0 bridgehead atoms. The lowest BCUT2D eigenvalue weighted by atomic mass is 10.1. The molecular formula is C25H29F2N3O4. The third kappa shape index (κ3) is 6.30. The lowest BCUT2D eigenvalue weighted by Crippen LogP contribution is -2.26. The summed E-state index contributed by atoms with van der Waals surface area (Å²) in [6.45, 7) is 1.94. The number of amides is 1. The lowest BCUT2D eigenvalue weighted by molar-refractivity contribution is -0.140. The fourth-order valence-corrected chi connectivity index (χ4v) is 3.67. The quantitative estimate of drug-likeness (QED) is 0.303. The van der Waals surface area contributed by atoms with Crippen LogP contribution in [0.25, 0.3) is 5.65 Å². The Morgan fingerprint density at radius 3 is 2.47 bits per heavy atom. The van der Waals surface area contributed by atoms with Gasteiger partial charge in [0, 0.05) is 19.2 Å². The minimum atomic E-state index is -0.685. The molecule has 7 nitrogen and oxygen atoms in total. The molecule has 1 N–H and O–H groups in total.